The molecule has 0 heterocycles. The second kappa shape index (κ2) is 7.25. The normalized spacial score (nSPS) is 11.7. The van der Waals surface area contributed by atoms with Gasteiger partial charge in [0, 0.05) is 5.56 Å². The lowest BCUT2D eigenvalue weighted by molar-refractivity contribution is 0.329. The molecule has 0 atom stereocenters. The molecule has 0 fully saturated rings. The van der Waals surface area contributed by atoms with E-state index in [9.17, 15) is 8.78 Å². The molecule has 0 aliphatic carbocycles. The fraction of sp³-hybridized carbons (Fsp3) is 0.429. The molecule has 0 aromatic heterocycles. The van der Waals surface area contributed by atoms with E-state index in [-0.39, 0.29) is 11.2 Å². The Balaban J connectivity index is 2.53. The van der Waals surface area contributed by atoms with E-state index in [1.165, 1.54) is 23.8 Å². The van der Waals surface area contributed by atoms with Crippen molar-refractivity contribution in [3.63, 3.8) is 0 Å². The molecule has 0 spiro atoms. The summed E-state index contributed by atoms with van der Waals surface area (Å²) < 4.78 is 27.8. The molecule has 23 heavy (non-hydrogen) atoms. The zero-order valence-corrected chi connectivity index (χ0v) is 14.5. The average molecular weight is 316 g/mol. The van der Waals surface area contributed by atoms with Crippen molar-refractivity contribution < 1.29 is 8.78 Å². The molecule has 0 saturated heterocycles. The summed E-state index contributed by atoms with van der Waals surface area (Å²) in [4.78, 5) is 0. The van der Waals surface area contributed by atoms with Crippen LogP contribution in [-0.2, 0) is 12.8 Å². The molecule has 2 heteroatoms. The molecule has 0 saturated carbocycles. The van der Waals surface area contributed by atoms with Crippen molar-refractivity contribution >= 4 is 0 Å². The van der Waals surface area contributed by atoms with Gasteiger partial charge in [-0.25, -0.2) is 8.78 Å². The standard InChI is InChI=1S/C21H26F2/c1-5-11-21(3,4)14-16-12-15(6-2)7-9-18(16)19-13-17(22)8-10-20(19)23/h7-10,12-13H,5-6,11,14H2,1-4H3. The smallest absolute Gasteiger partial charge is 0.131 e. The second-order valence-electron chi connectivity index (χ2n) is 7.06. The molecule has 124 valence electrons. The van der Waals surface area contributed by atoms with Crippen molar-refractivity contribution in [2.45, 2.75) is 53.4 Å². The van der Waals surface area contributed by atoms with E-state index in [1.807, 2.05) is 12.1 Å². The Bertz CT molecular complexity index is 672. The summed E-state index contributed by atoms with van der Waals surface area (Å²) >= 11 is 0. The van der Waals surface area contributed by atoms with Gasteiger partial charge < -0.3 is 0 Å². The fourth-order valence-electron chi connectivity index (χ4n) is 3.26. The van der Waals surface area contributed by atoms with Gasteiger partial charge in [0.25, 0.3) is 0 Å². The lowest BCUT2D eigenvalue weighted by atomic mass is 9.79. The topological polar surface area (TPSA) is 0 Å². The van der Waals surface area contributed by atoms with Crippen molar-refractivity contribution in [3.05, 3.63) is 59.2 Å². The predicted octanol–water partition coefficient (Wildman–Crippen LogP) is 6.56. The van der Waals surface area contributed by atoms with Gasteiger partial charge in [-0.1, -0.05) is 52.3 Å². The zero-order valence-electron chi connectivity index (χ0n) is 14.5. The predicted molar refractivity (Wildman–Crippen MR) is 93.6 cm³/mol. The van der Waals surface area contributed by atoms with Crippen LogP contribution in [0.15, 0.2) is 36.4 Å². The summed E-state index contributed by atoms with van der Waals surface area (Å²) in [6, 6.07) is 9.77. The molecule has 0 nitrogen and oxygen atoms in total. The first kappa shape index (κ1) is 17.7. The van der Waals surface area contributed by atoms with Crippen LogP contribution < -0.4 is 0 Å². The van der Waals surface area contributed by atoms with Crippen LogP contribution in [0.1, 0.15) is 51.7 Å². The summed E-state index contributed by atoms with van der Waals surface area (Å²) in [6.45, 7) is 8.76. The molecule has 2 rings (SSSR count). The Labute approximate surface area is 138 Å². The Hall–Kier alpha value is -1.70. The highest BCUT2D eigenvalue weighted by Gasteiger charge is 2.21. The van der Waals surface area contributed by atoms with Crippen molar-refractivity contribution in [2.24, 2.45) is 5.41 Å². The Kier molecular flexibility index (Phi) is 5.56. The third kappa shape index (κ3) is 4.40. The fourth-order valence-corrected chi connectivity index (χ4v) is 3.26. The van der Waals surface area contributed by atoms with E-state index in [0.29, 0.717) is 5.56 Å². The molecule has 0 bridgehead atoms. The Morgan fingerprint density at radius 2 is 1.65 bits per heavy atom. The van der Waals surface area contributed by atoms with Crippen LogP contribution in [0.3, 0.4) is 0 Å². The third-order valence-electron chi connectivity index (χ3n) is 4.39. The van der Waals surface area contributed by atoms with E-state index < -0.39 is 5.82 Å². The van der Waals surface area contributed by atoms with Crippen molar-refractivity contribution in [1.82, 2.24) is 0 Å². The largest absolute Gasteiger partial charge is 0.207 e. The van der Waals surface area contributed by atoms with Crippen LogP contribution in [0.2, 0.25) is 0 Å². The highest BCUT2D eigenvalue weighted by molar-refractivity contribution is 5.68. The van der Waals surface area contributed by atoms with Gasteiger partial charge >= 0.3 is 0 Å². The van der Waals surface area contributed by atoms with E-state index >= 15 is 0 Å². The quantitative estimate of drug-likeness (QED) is 0.566. The monoisotopic (exact) mass is 316 g/mol. The summed E-state index contributed by atoms with van der Waals surface area (Å²) in [7, 11) is 0. The molecule has 0 unspecified atom stereocenters. The van der Waals surface area contributed by atoms with Crippen molar-refractivity contribution in [2.75, 3.05) is 0 Å². The molecular weight excluding hydrogens is 290 g/mol. The Morgan fingerprint density at radius 3 is 2.30 bits per heavy atom. The Morgan fingerprint density at radius 1 is 0.913 bits per heavy atom. The maximum atomic E-state index is 14.2. The van der Waals surface area contributed by atoms with Crippen LogP contribution >= 0.6 is 0 Å². The minimum Gasteiger partial charge on any atom is -0.207 e. The third-order valence-corrected chi connectivity index (χ3v) is 4.39. The lowest BCUT2D eigenvalue weighted by Gasteiger charge is -2.26. The first-order valence-corrected chi connectivity index (χ1v) is 8.43. The first-order valence-electron chi connectivity index (χ1n) is 8.43. The molecule has 0 aliphatic heterocycles. The highest BCUT2D eigenvalue weighted by atomic mass is 19.1. The van der Waals surface area contributed by atoms with Crippen LogP contribution in [0.25, 0.3) is 11.1 Å². The van der Waals surface area contributed by atoms with E-state index in [0.717, 1.165) is 36.8 Å². The van der Waals surface area contributed by atoms with Gasteiger partial charge in [0.15, 0.2) is 0 Å². The van der Waals surface area contributed by atoms with Gasteiger partial charge in [-0.3, -0.25) is 0 Å². The van der Waals surface area contributed by atoms with Crippen molar-refractivity contribution in [3.8, 4) is 11.1 Å². The number of rotatable bonds is 6. The van der Waals surface area contributed by atoms with E-state index in [1.54, 1.807) is 0 Å². The molecule has 0 N–H and O–H groups in total. The number of aryl methyl sites for hydroxylation is 1. The molecule has 0 radical (unpaired) electrons. The minimum absolute atomic E-state index is 0.139. The van der Waals surface area contributed by atoms with Crippen molar-refractivity contribution in [1.29, 1.82) is 0 Å². The molecule has 0 aliphatic rings. The van der Waals surface area contributed by atoms with Gasteiger partial charge in [0.05, 0.1) is 0 Å². The molecule has 0 amide bonds. The van der Waals surface area contributed by atoms with Gasteiger partial charge in [0.2, 0.25) is 0 Å². The summed E-state index contributed by atoms with van der Waals surface area (Å²) in [6.07, 6.45) is 4.02. The van der Waals surface area contributed by atoms with Crippen LogP contribution in [0.4, 0.5) is 8.78 Å². The lowest BCUT2D eigenvalue weighted by Crippen LogP contribution is -2.15. The van der Waals surface area contributed by atoms with E-state index in [4.69, 9.17) is 0 Å². The van der Waals surface area contributed by atoms with E-state index in [2.05, 4.69) is 33.8 Å². The maximum Gasteiger partial charge on any atom is 0.131 e. The summed E-state index contributed by atoms with van der Waals surface area (Å²) in [5.41, 5.74) is 3.64. The number of benzene rings is 2. The number of hydrogen-bond donors (Lipinski definition) is 0. The highest BCUT2D eigenvalue weighted by Crippen LogP contribution is 2.34. The second-order valence-corrected chi connectivity index (χ2v) is 7.06. The van der Waals surface area contributed by atoms with Gasteiger partial charge in [-0.15, -0.1) is 0 Å². The number of hydrogen-bond acceptors (Lipinski definition) is 0. The van der Waals surface area contributed by atoms with Crippen LogP contribution in [0, 0.1) is 17.0 Å². The van der Waals surface area contributed by atoms with Crippen LogP contribution in [-0.4, -0.2) is 0 Å². The van der Waals surface area contributed by atoms with Crippen LogP contribution in [0.5, 0.6) is 0 Å². The molecule has 2 aromatic carbocycles. The molecular formula is C21H26F2. The first-order chi connectivity index (χ1) is 10.9. The summed E-state index contributed by atoms with van der Waals surface area (Å²) in [5, 5.41) is 0. The minimum atomic E-state index is -0.403. The maximum absolute atomic E-state index is 14.2. The molecule has 2 aromatic rings. The van der Waals surface area contributed by atoms with Gasteiger partial charge in [-0.05, 0) is 59.6 Å². The average Bonchev–Trinajstić information content (AvgIpc) is 2.49. The summed E-state index contributed by atoms with van der Waals surface area (Å²) in [5.74, 6) is -0.773. The SMILES string of the molecule is CCCC(C)(C)Cc1cc(CC)ccc1-c1cc(F)ccc1F. The van der Waals surface area contributed by atoms with Gasteiger partial charge in [-0.2, -0.15) is 0 Å². The zero-order chi connectivity index (χ0) is 17.0. The van der Waals surface area contributed by atoms with Gasteiger partial charge in [0.1, 0.15) is 11.6 Å². The number of halogens is 2.